The van der Waals surface area contributed by atoms with Gasteiger partial charge in [0.1, 0.15) is 0 Å². The molecule has 0 saturated carbocycles. The Morgan fingerprint density at radius 1 is 0.974 bits per heavy atom. The molecular weight excluding hydrogens is 510 g/mol. The Kier molecular flexibility index (Phi) is 8.46. The molecule has 0 radical (unpaired) electrons. The number of rotatable bonds is 9. The number of aryl methyl sites for hydroxylation is 1. The van der Waals surface area contributed by atoms with Gasteiger partial charge in [-0.15, -0.1) is 10.2 Å². The van der Waals surface area contributed by atoms with Crippen molar-refractivity contribution in [3.63, 3.8) is 0 Å². The monoisotopic (exact) mass is 543 g/mol. The van der Waals surface area contributed by atoms with Crippen molar-refractivity contribution in [1.82, 2.24) is 24.6 Å². The van der Waals surface area contributed by atoms with Gasteiger partial charge in [-0.05, 0) is 51.0 Å². The predicted octanol–water partition coefficient (Wildman–Crippen LogP) is 5.47. The van der Waals surface area contributed by atoms with E-state index in [1.165, 1.54) is 11.8 Å². The fourth-order valence-corrected chi connectivity index (χ4v) is 5.74. The summed E-state index contributed by atoms with van der Waals surface area (Å²) in [6.07, 6.45) is 3.70. The summed E-state index contributed by atoms with van der Waals surface area (Å²) in [4.78, 5) is 29.2. The number of carbonyl (C=O) groups excluding carboxylic acids is 2. The number of hydrogen-bond donors (Lipinski definition) is 0. The largest absolute Gasteiger partial charge is 0.459 e. The number of benzene rings is 2. The minimum atomic E-state index is -0.120. The standard InChI is InChI=1S/C30H33N5O3S/c1-22-13-15-25(16-14-22)35-28(24-9-4-3-5-10-24)31-32-30(35)39-20-7-6-12-27(36)33-17-18-34(23(2)21-33)29(37)26-11-8-19-38-26/h3-5,8-11,13-16,19,23H,6-7,12,17-18,20-21H2,1-2H3. The molecule has 9 heteroatoms. The molecule has 1 fully saturated rings. The summed E-state index contributed by atoms with van der Waals surface area (Å²) >= 11 is 1.66. The zero-order valence-corrected chi connectivity index (χ0v) is 23.1. The van der Waals surface area contributed by atoms with Crippen molar-refractivity contribution in [2.24, 2.45) is 0 Å². The molecule has 2 amide bonds. The maximum Gasteiger partial charge on any atom is 0.289 e. The van der Waals surface area contributed by atoms with E-state index in [0.717, 1.165) is 40.8 Å². The van der Waals surface area contributed by atoms with Gasteiger partial charge in [0.15, 0.2) is 16.7 Å². The second-order valence-corrected chi connectivity index (χ2v) is 10.9. The number of piperazine rings is 1. The van der Waals surface area contributed by atoms with E-state index in [2.05, 4.69) is 46.0 Å². The topological polar surface area (TPSA) is 84.5 Å². The Morgan fingerprint density at radius 2 is 1.77 bits per heavy atom. The van der Waals surface area contributed by atoms with Crippen LogP contribution in [0, 0.1) is 6.92 Å². The molecule has 1 aliphatic rings. The van der Waals surface area contributed by atoms with Crippen molar-refractivity contribution in [3.8, 4) is 17.1 Å². The number of nitrogens with zero attached hydrogens (tertiary/aromatic N) is 5. The quantitative estimate of drug-likeness (QED) is 0.206. The predicted molar refractivity (Wildman–Crippen MR) is 152 cm³/mol. The van der Waals surface area contributed by atoms with Gasteiger partial charge in [0.2, 0.25) is 5.91 Å². The van der Waals surface area contributed by atoms with Crippen molar-refractivity contribution in [1.29, 1.82) is 0 Å². The summed E-state index contributed by atoms with van der Waals surface area (Å²) in [5.74, 6) is 2.02. The number of hydrogen-bond acceptors (Lipinski definition) is 6. The highest BCUT2D eigenvalue weighted by Crippen LogP contribution is 2.29. The highest BCUT2D eigenvalue weighted by atomic mass is 32.2. The van der Waals surface area contributed by atoms with Crippen molar-refractivity contribution in [3.05, 3.63) is 84.3 Å². The molecule has 8 nitrogen and oxygen atoms in total. The Hall–Kier alpha value is -3.85. The van der Waals surface area contributed by atoms with Crippen LogP contribution in [0.25, 0.3) is 17.1 Å². The molecule has 39 heavy (non-hydrogen) atoms. The maximum atomic E-state index is 12.9. The van der Waals surface area contributed by atoms with Crippen LogP contribution in [0.15, 0.2) is 82.6 Å². The maximum absolute atomic E-state index is 12.9. The third-order valence-electron chi connectivity index (χ3n) is 6.95. The first kappa shape index (κ1) is 26.7. The molecule has 3 heterocycles. The molecule has 0 aliphatic carbocycles. The lowest BCUT2D eigenvalue weighted by molar-refractivity contribution is -0.133. The summed E-state index contributed by atoms with van der Waals surface area (Å²) in [5, 5.41) is 9.86. The fourth-order valence-electron chi connectivity index (χ4n) is 4.79. The van der Waals surface area contributed by atoms with Crippen LogP contribution in [-0.2, 0) is 4.79 Å². The molecule has 5 rings (SSSR count). The second kappa shape index (κ2) is 12.3. The normalized spacial score (nSPS) is 15.5. The van der Waals surface area contributed by atoms with Crippen LogP contribution in [0.5, 0.6) is 0 Å². The van der Waals surface area contributed by atoms with E-state index in [9.17, 15) is 9.59 Å². The van der Waals surface area contributed by atoms with E-state index in [4.69, 9.17) is 4.42 Å². The van der Waals surface area contributed by atoms with E-state index >= 15 is 0 Å². The first-order valence-corrected chi connectivity index (χ1v) is 14.3. The van der Waals surface area contributed by atoms with E-state index in [-0.39, 0.29) is 17.9 Å². The Balaban J connectivity index is 1.13. The molecule has 0 bridgehead atoms. The third-order valence-corrected chi connectivity index (χ3v) is 7.96. The minimum absolute atomic E-state index is 0.0530. The second-order valence-electron chi connectivity index (χ2n) is 9.81. The van der Waals surface area contributed by atoms with Gasteiger partial charge in [0.25, 0.3) is 5.91 Å². The number of unbranched alkanes of at least 4 members (excludes halogenated alkanes) is 1. The van der Waals surface area contributed by atoms with Crippen molar-refractivity contribution in [2.75, 3.05) is 25.4 Å². The zero-order valence-electron chi connectivity index (χ0n) is 22.3. The molecule has 0 spiro atoms. The summed E-state index contributed by atoms with van der Waals surface area (Å²) in [6, 6.07) is 21.8. The van der Waals surface area contributed by atoms with Gasteiger partial charge in [-0.25, -0.2) is 0 Å². The van der Waals surface area contributed by atoms with Gasteiger partial charge in [0.05, 0.1) is 6.26 Å². The van der Waals surface area contributed by atoms with E-state index in [0.29, 0.717) is 31.8 Å². The molecule has 0 N–H and O–H groups in total. The van der Waals surface area contributed by atoms with Crippen LogP contribution in [0.4, 0.5) is 0 Å². The lowest BCUT2D eigenvalue weighted by Crippen LogP contribution is -2.55. The first-order valence-electron chi connectivity index (χ1n) is 13.3. The van der Waals surface area contributed by atoms with E-state index < -0.39 is 0 Å². The number of aromatic nitrogens is 3. The lowest BCUT2D eigenvalue weighted by atomic mass is 10.1. The summed E-state index contributed by atoms with van der Waals surface area (Å²) < 4.78 is 7.36. The number of furan rings is 1. The average Bonchev–Trinajstić information content (AvgIpc) is 3.64. The Bertz CT molecular complexity index is 1390. The van der Waals surface area contributed by atoms with Gasteiger partial charge in [-0.1, -0.05) is 59.8 Å². The van der Waals surface area contributed by atoms with Gasteiger partial charge in [-0.2, -0.15) is 0 Å². The molecule has 1 atom stereocenters. The molecule has 202 valence electrons. The van der Waals surface area contributed by atoms with Crippen LogP contribution >= 0.6 is 11.8 Å². The molecule has 4 aromatic rings. The van der Waals surface area contributed by atoms with E-state index in [1.54, 1.807) is 28.8 Å². The number of amides is 2. The van der Waals surface area contributed by atoms with Crippen molar-refractivity contribution in [2.45, 2.75) is 44.3 Å². The van der Waals surface area contributed by atoms with Crippen LogP contribution in [-0.4, -0.2) is 67.8 Å². The van der Waals surface area contributed by atoms with Gasteiger partial charge >= 0.3 is 0 Å². The molecular formula is C30H33N5O3S. The average molecular weight is 544 g/mol. The summed E-state index contributed by atoms with van der Waals surface area (Å²) in [6.45, 7) is 5.66. The van der Waals surface area contributed by atoms with Crippen molar-refractivity contribution < 1.29 is 14.0 Å². The molecule has 1 unspecified atom stereocenters. The third kappa shape index (κ3) is 6.25. The summed E-state index contributed by atoms with van der Waals surface area (Å²) in [5.41, 5.74) is 3.25. The smallest absolute Gasteiger partial charge is 0.289 e. The Labute approximate surface area is 233 Å². The molecule has 2 aromatic heterocycles. The highest BCUT2D eigenvalue weighted by Gasteiger charge is 2.31. The van der Waals surface area contributed by atoms with Gasteiger partial charge < -0.3 is 14.2 Å². The van der Waals surface area contributed by atoms with Crippen LogP contribution in [0.3, 0.4) is 0 Å². The fraction of sp³-hybridized carbons (Fsp3) is 0.333. The lowest BCUT2D eigenvalue weighted by Gasteiger charge is -2.39. The number of carbonyl (C=O) groups is 2. The van der Waals surface area contributed by atoms with Gasteiger partial charge in [-0.3, -0.25) is 14.2 Å². The minimum Gasteiger partial charge on any atom is -0.459 e. The zero-order chi connectivity index (χ0) is 27.2. The first-order chi connectivity index (χ1) is 19.0. The molecule has 1 saturated heterocycles. The van der Waals surface area contributed by atoms with E-state index in [1.807, 2.05) is 42.2 Å². The highest BCUT2D eigenvalue weighted by molar-refractivity contribution is 7.99. The van der Waals surface area contributed by atoms with Gasteiger partial charge in [0, 0.05) is 49.1 Å². The number of thioether (sulfide) groups is 1. The van der Waals surface area contributed by atoms with Crippen LogP contribution in [0.2, 0.25) is 0 Å². The SMILES string of the molecule is Cc1ccc(-n2c(SCCCCC(=O)N3CCN(C(=O)c4ccco4)C(C)C3)nnc2-c2ccccc2)cc1. The molecule has 2 aromatic carbocycles. The molecule has 1 aliphatic heterocycles. The van der Waals surface area contributed by atoms with Crippen molar-refractivity contribution >= 4 is 23.6 Å². The summed E-state index contributed by atoms with van der Waals surface area (Å²) in [7, 11) is 0. The Morgan fingerprint density at radius 3 is 2.49 bits per heavy atom. The van der Waals surface area contributed by atoms with Crippen LogP contribution < -0.4 is 0 Å². The van der Waals surface area contributed by atoms with Crippen LogP contribution in [0.1, 0.15) is 42.3 Å².